The van der Waals surface area contributed by atoms with Gasteiger partial charge in [-0.2, -0.15) is 0 Å². The fourth-order valence-electron chi connectivity index (χ4n) is 2.59. The van der Waals surface area contributed by atoms with Gasteiger partial charge in [0.05, 0.1) is 6.42 Å². The van der Waals surface area contributed by atoms with E-state index in [-0.39, 0.29) is 18.1 Å². The van der Waals surface area contributed by atoms with Crippen molar-refractivity contribution in [2.24, 2.45) is 0 Å². The second kappa shape index (κ2) is 8.57. The Labute approximate surface area is 169 Å². The minimum absolute atomic E-state index is 0.178. The number of carbonyl (C=O) groups excluding carboxylic acids is 1. The molecule has 0 aliphatic carbocycles. The van der Waals surface area contributed by atoms with E-state index in [1.165, 1.54) is 35.2 Å². The molecule has 0 spiro atoms. The van der Waals surface area contributed by atoms with Gasteiger partial charge in [-0.3, -0.25) is 4.79 Å². The van der Waals surface area contributed by atoms with Crippen molar-refractivity contribution in [3.63, 3.8) is 0 Å². The average molecular weight is 417 g/mol. The van der Waals surface area contributed by atoms with Crippen LogP contribution < -0.4 is 14.8 Å². The van der Waals surface area contributed by atoms with Crippen LogP contribution in [0.2, 0.25) is 0 Å². The molecule has 3 aromatic rings. The molecule has 0 bridgehead atoms. The number of thioether (sulfide) groups is 1. The number of carbonyl (C=O) groups is 1. The minimum Gasteiger partial charge on any atom is -0.486 e. The van der Waals surface area contributed by atoms with E-state index in [1.807, 2.05) is 18.2 Å². The van der Waals surface area contributed by atoms with Crippen LogP contribution in [0.5, 0.6) is 11.5 Å². The average Bonchev–Trinajstić information content (AvgIpc) is 3.14. The molecular formula is C19H16FN3O3S2. The Morgan fingerprint density at radius 3 is 2.64 bits per heavy atom. The molecule has 1 aliphatic heterocycles. The Balaban J connectivity index is 1.30. The number of rotatable bonds is 6. The number of aromatic nitrogens is 2. The zero-order valence-corrected chi connectivity index (χ0v) is 16.3. The van der Waals surface area contributed by atoms with E-state index < -0.39 is 0 Å². The molecule has 28 heavy (non-hydrogen) atoms. The van der Waals surface area contributed by atoms with Crippen LogP contribution in [0, 0.1) is 5.82 Å². The third-order valence-corrected chi connectivity index (χ3v) is 5.94. The highest BCUT2D eigenvalue weighted by Crippen LogP contribution is 2.31. The monoisotopic (exact) mass is 417 g/mol. The van der Waals surface area contributed by atoms with E-state index in [2.05, 4.69) is 15.5 Å². The van der Waals surface area contributed by atoms with E-state index in [9.17, 15) is 9.18 Å². The summed E-state index contributed by atoms with van der Waals surface area (Å²) in [5.41, 5.74) is 1.82. The molecule has 0 atom stereocenters. The highest BCUT2D eigenvalue weighted by atomic mass is 32.2. The van der Waals surface area contributed by atoms with Gasteiger partial charge in [0, 0.05) is 5.75 Å². The van der Waals surface area contributed by atoms with Crippen LogP contribution >= 0.6 is 23.1 Å². The molecule has 0 saturated carbocycles. The zero-order chi connectivity index (χ0) is 19.3. The lowest BCUT2D eigenvalue weighted by Gasteiger charge is -2.18. The lowest BCUT2D eigenvalue weighted by molar-refractivity contribution is -0.115. The van der Waals surface area contributed by atoms with Crippen LogP contribution in [-0.2, 0) is 17.0 Å². The number of nitrogens with zero attached hydrogens (tertiary/aromatic N) is 2. The number of fused-ring (bicyclic) bond motifs is 1. The first-order valence-electron chi connectivity index (χ1n) is 8.55. The summed E-state index contributed by atoms with van der Waals surface area (Å²) in [4.78, 5) is 12.3. The van der Waals surface area contributed by atoms with Crippen LogP contribution in [0.3, 0.4) is 0 Å². The lowest BCUT2D eigenvalue weighted by atomic mass is 10.1. The first-order valence-corrected chi connectivity index (χ1v) is 10.3. The van der Waals surface area contributed by atoms with Gasteiger partial charge in [0.1, 0.15) is 19.0 Å². The largest absolute Gasteiger partial charge is 0.486 e. The molecule has 0 radical (unpaired) electrons. The normalized spacial score (nSPS) is 12.6. The van der Waals surface area contributed by atoms with Crippen molar-refractivity contribution >= 4 is 34.1 Å². The zero-order valence-electron chi connectivity index (χ0n) is 14.7. The Kier molecular flexibility index (Phi) is 5.73. The molecule has 9 heteroatoms. The Morgan fingerprint density at radius 2 is 1.82 bits per heavy atom. The standard InChI is InChI=1S/C19H16FN3O3S2/c20-14-4-1-12(2-5-14)11-27-19-23-22-18(28-19)21-17(24)10-13-3-6-15-16(9-13)26-8-7-25-15/h1-6,9H,7-8,10-11H2,(H,21,22,24). The maximum absolute atomic E-state index is 12.9. The quantitative estimate of drug-likeness (QED) is 0.484. The van der Waals surface area contributed by atoms with Crippen molar-refractivity contribution in [1.29, 1.82) is 0 Å². The van der Waals surface area contributed by atoms with E-state index >= 15 is 0 Å². The fraction of sp³-hybridized carbons (Fsp3) is 0.211. The van der Waals surface area contributed by atoms with Crippen molar-refractivity contribution in [2.45, 2.75) is 16.5 Å². The van der Waals surface area contributed by atoms with Crippen molar-refractivity contribution in [2.75, 3.05) is 18.5 Å². The van der Waals surface area contributed by atoms with Gasteiger partial charge >= 0.3 is 0 Å². The molecule has 0 unspecified atom stereocenters. The van der Waals surface area contributed by atoms with Gasteiger partial charge in [-0.1, -0.05) is 41.3 Å². The maximum Gasteiger partial charge on any atom is 0.230 e. The number of ether oxygens (including phenoxy) is 2. The molecule has 2 aromatic carbocycles. The summed E-state index contributed by atoms with van der Waals surface area (Å²) < 4.78 is 24.7. The molecule has 1 N–H and O–H groups in total. The Morgan fingerprint density at radius 1 is 1.07 bits per heavy atom. The van der Waals surface area contributed by atoms with E-state index in [4.69, 9.17) is 9.47 Å². The third-order valence-electron chi connectivity index (χ3n) is 3.90. The summed E-state index contributed by atoms with van der Waals surface area (Å²) in [6, 6.07) is 11.8. The minimum atomic E-state index is -0.257. The summed E-state index contributed by atoms with van der Waals surface area (Å²) in [7, 11) is 0. The highest BCUT2D eigenvalue weighted by molar-refractivity contribution is 8.00. The Bertz CT molecular complexity index is 979. The fourth-order valence-corrected chi connectivity index (χ4v) is 4.31. The van der Waals surface area contributed by atoms with Crippen LogP contribution in [0.1, 0.15) is 11.1 Å². The van der Waals surface area contributed by atoms with Gasteiger partial charge in [-0.05, 0) is 35.4 Å². The number of hydrogen-bond donors (Lipinski definition) is 1. The van der Waals surface area contributed by atoms with Gasteiger partial charge in [0.25, 0.3) is 0 Å². The molecular weight excluding hydrogens is 401 g/mol. The second-order valence-corrected chi connectivity index (χ2v) is 8.19. The van der Waals surface area contributed by atoms with Crippen molar-refractivity contribution in [3.05, 3.63) is 59.4 Å². The van der Waals surface area contributed by atoms with E-state index in [0.717, 1.165) is 15.5 Å². The smallest absolute Gasteiger partial charge is 0.230 e. The number of anilines is 1. The number of halogens is 1. The first-order chi connectivity index (χ1) is 13.7. The molecule has 1 aliphatic rings. The predicted molar refractivity (Wildman–Crippen MR) is 106 cm³/mol. The Hall–Kier alpha value is -2.65. The highest BCUT2D eigenvalue weighted by Gasteiger charge is 2.14. The number of amides is 1. The summed E-state index contributed by atoms with van der Waals surface area (Å²) in [5, 5.41) is 11.3. The van der Waals surface area contributed by atoms with Crippen molar-refractivity contribution in [3.8, 4) is 11.5 Å². The van der Waals surface area contributed by atoms with E-state index in [0.29, 0.717) is 35.6 Å². The topological polar surface area (TPSA) is 73.3 Å². The maximum atomic E-state index is 12.9. The molecule has 0 fully saturated rings. The SMILES string of the molecule is O=C(Cc1ccc2c(c1)OCCO2)Nc1nnc(SCc2ccc(F)cc2)s1. The number of nitrogens with one attached hydrogen (secondary N) is 1. The summed E-state index contributed by atoms with van der Waals surface area (Å²) >= 11 is 2.79. The van der Waals surface area contributed by atoms with Crippen molar-refractivity contribution < 1.29 is 18.7 Å². The molecule has 1 aromatic heterocycles. The van der Waals surface area contributed by atoms with Crippen LogP contribution in [0.4, 0.5) is 9.52 Å². The molecule has 6 nitrogen and oxygen atoms in total. The van der Waals surface area contributed by atoms with Crippen LogP contribution in [0.25, 0.3) is 0 Å². The molecule has 0 saturated heterocycles. The van der Waals surface area contributed by atoms with Gasteiger partial charge in [-0.25, -0.2) is 4.39 Å². The second-order valence-electron chi connectivity index (χ2n) is 5.99. The molecule has 4 rings (SSSR count). The summed E-state index contributed by atoms with van der Waals surface area (Å²) in [6.45, 7) is 1.04. The van der Waals surface area contributed by atoms with Gasteiger partial charge in [0.2, 0.25) is 11.0 Å². The molecule has 2 heterocycles. The number of benzene rings is 2. The first kappa shape index (κ1) is 18.7. The molecule has 1 amide bonds. The van der Waals surface area contributed by atoms with Gasteiger partial charge in [0.15, 0.2) is 15.8 Å². The molecule has 144 valence electrons. The van der Waals surface area contributed by atoms with E-state index in [1.54, 1.807) is 12.1 Å². The van der Waals surface area contributed by atoms with Gasteiger partial charge in [-0.15, -0.1) is 10.2 Å². The predicted octanol–water partition coefficient (Wildman–Crippen LogP) is 3.92. The lowest BCUT2D eigenvalue weighted by Crippen LogP contribution is -2.17. The number of hydrogen-bond acceptors (Lipinski definition) is 7. The van der Waals surface area contributed by atoms with Gasteiger partial charge < -0.3 is 14.8 Å². The third kappa shape index (κ3) is 4.79. The summed E-state index contributed by atoms with van der Waals surface area (Å²) in [6.07, 6.45) is 0.203. The van der Waals surface area contributed by atoms with Crippen LogP contribution in [0.15, 0.2) is 46.8 Å². The van der Waals surface area contributed by atoms with Crippen LogP contribution in [-0.4, -0.2) is 29.3 Å². The van der Waals surface area contributed by atoms with Crippen molar-refractivity contribution in [1.82, 2.24) is 10.2 Å². The summed E-state index contributed by atoms with van der Waals surface area (Å²) in [5.74, 6) is 1.57.